The summed E-state index contributed by atoms with van der Waals surface area (Å²) in [5, 5.41) is 25.9. The molecule has 0 unspecified atom stereocenters. The Morgan fingerprint density at radius 1 is 1.38 bits per heavy atom. The molecule has 1 fully saturated rings. The molecule has 3 N–H and O–H groups in total. The predicted molar refractivity (Wildman–Crippen MR) is 88.1 cm³/mol. The second kappa shape index (κ2) is 7.29. The van der Waals surface area contributed by atoms with Gasteiger partial charge in [0.1, 0.15) is 11.7 Å². The van der Waals surface area contributed by atoms with Gasteiger partial charge in [0.15, 0.2) is 0 Å². The van der Waals surface area contributed by atoms with Gasteiger partial charge in [0.05, 0.1) is 4.92 Å². The Hall–Kier alpha value is -2.64. The molecule has 1 aliphatic rings. The summed E-state index contributed by atoms with van der Waals surface area (Å²) in [4.78, 5) is 34.1. The lowest BCUT2D eigenvalue weighted by Crippen LogP contribution is -2.41. The third kappa shape index (κ3) is 4.68. The number of aliphatic carboxylic acids is 1. The fourth-order valence-corrected chi connectivity index (χ4v) is 2.33. The zero-order valence-corrected chi connectivity index (χ0v) is 13.6. The first-order chi connectivity index (χ1) is 11.3. The highest BCUT2D eigenvalue weighted by Gasteiger charge is 2.27. The summed E-state index contributed by atoms with van der Waals surface area (Å²) in [7, 11) is 0. The third-order valence-corrected chi connectivity index (χ3v) is 3.70. The normalized spacial score (nSPS) is 15.0. The minimum atomic E-state index is -1.13. The van der Waals surface area contributed by atoms with Gasteiger partial charge in [-0.25, -0.2) is 4.79 Å². The van der Waals surface area contributed by atoms with Gasteiger partial charge < -0.3 is 15.7 Å². The summed E-state index contributed by atoms with van der Waals surface area (Å²) in [5.41, 5.74) is 0.249. The Morgan fingerprint density at radius 2 is 2.04 bits per heavy atom. The number of anilines is 1. The molecule has 1 aliphatic carbocycles. The van der Waals surface area contributed by atoms with Crippen LogP contribution in [0.1, 0.15) is 43.5 Å². The van der Waals surface area contributed by atoms with Crippen molar-refractivity contribution in [2.45, 2.75) is 45.2 Å². The number of benzene rings is 1. The maximum atomic E-state index is 12.2. The van der Waals surface area contributed by atoms with Crippen molar-refractivity contribution in [3.05, 3.63) is 33.9 Å². The highest BCUT2D eigenvalue weighted by molar-refractivity contribution is 5.97. The smallest absolute Gasteiger partial charge is 0.326 e. The number of carboxylic acids is 1. The molecule has 0 heterocycles. The summed E-state index contributed by atoms with van der Waals surface area (Å²) >= 11 is 0. The van der Waals surface area contributed by atoms with E-state index in [1.807, 2.05) is 13.8 Å². The van der Waals surface area contributed by atoms with Crippen LogP contribution in [0.15, 0.2) is 18.2 Å². The number of rotatable bonds is 8. The molecule has 1 amide bonds. The van der Waals surface area contributed by atoms with Crippen molar-refractivity contribution in [2.75, 3.05) is 5.32 Å². The third-order valence-electron chi connectivity index (χ3n) is 3.70. The lowest BCUT2D eigenvalue weighted by Gasteiger charge is -2.16. The minimum Gasteiger partial charge on any atom is -0.480 e. The van der Waals surface area contributed by atoms with Crippen molar-refractivity contribution < 1.29 is 19.6 Å². The Balaban J connectivity index is 2.17. The van der Waals surface area contributed by atoms with E-state index in [4.69, 9.17) is 0 Å². The molecular formula is C16H21N3O5. The number of carboxylic acid groups (broad SMARTS) is 1. The molecule has 0 aliphatic heterocycles. The van der Waals surface area contributed by atoms with Gasteiger partial charge in [0, 0.05) is 17.7 Å². The number of nitro benzene ring substituents is 1. The van der Waals surface area contributed by atoms with E-state index in [1.54, 1.807) is 0 Å². The molecule has 1 atom stereocenters. The summed E-state index contributed by atoms with van der Waals surface area (Å²) in [6.45, 7) is 3.70. The lowest BCUT2D eigenvalue weighted by atomic mass is 10.0. The second-order valence-corrected chi connectivity index (χ2v) is 6.40. The fourth-order valence-electron chi connectivity index (χ4n) is 2.33. The van der Waals surface area contributed by atoms with Crippen LogP contribution in [0, 0.1) is 16.0 Å². The largest absolute Gasteiger partial charge is 0.480 e. The van der Waals surface area contributed by atoms with E-state index in [0.717, 1.165) is 12.8 Å². The van der Waals surface area contributed by atoms with E-state index in [9.17, 15) is 24.8 Å². The van der Waals surface area contributed by atoms with Crippen LogP contribution in [-0.2, 0) is 4.79 Å². The van der Waals surface area contributed by atoms with Crippen molar-refractivity contribution in [1.29, 1.82) is 0 Å². The van der Waals surface area contributed by atoms with Crippen molar-refractivity contribution in [1.82, 2.24) is 5.32 Å². The minimum absolute atomic E-state index is 0.0676. The van der Waals surface area contributed by atoms with Crippen LogP contribution in [0.4, 0.5) is 11.4 Å². The number of nitro groups is 1. The molecule has 1 aromatic rings. The number of nitrogens with zero attached hydrogens (tertiary/aromatic N) is 1. The maximum absolute atomic E-state index is 12.2. The van der Waals surface area contributed by atoms with Crippen LogP contribution in [-0.4, -0.2) is 34.0 Å². The SMILES string of the molecule is CC(C)C[C@H](NC(=O)c1ccc(NC2CC2)c([N+](=O)[O-])c1)C(=O)O. The molecule has 130 valence electrons. The van der Waals surface area contributed by atoms with Crippen molar-refractivity contribution >= 4 is 23.3 Å². The number of hydrogen-bond acceptors (Lipinski definition) is 5. The first-order valence-corrected chi connectivity index (χ1v) is 7.86. The Bertz CT molecular complexity index is 655. The molecule has 0 aromatic heterocycles. The maximum Gasteiger partial charge on any atom is 0.326 e. The van der Waals surface area contributed by atoms with Crippen LogP contribution in [0.3, 0.4) is 0 Å². The van der Waals surface area contributed by atoms with Crippen LogP contribution < -0.4 is 10.6 Å². The van der Waals surface area contributed by atoms with Crippen molar-refractivity contribution in [3.63, 3.8) is 0 Å². The van der Waals surface area contributed by atoms with E-state index >= 15 is 0 Å². The zero-order chi connectivity index (χ0) is 17.9. The highest BCUT2D eigenvalue weighted by Crippen LogP contribution is 2.31. The van der Waals surface area contributed by atoms with Gasteiger partial charge in [-0.05, 0) is 37.3 Å². The number of nitrogens with one attached hydrogen (secondary N) is 2. The standard InChI is InChI=1S/C16H21N3O5/c1-9(2)7-13(16(21)22)18-15(20)10-3-6-12(17-11-4-5-11)14(8-10)19(23)24/h3,6,8-9,11,13,17H,4-5,7H2,1-2H3,(H,18,20)(H,21,22)/t13-/m0/s1. The zero-order valence-electron chi connectivity index (χ0n) is 13.6. The molecule has 0 radical (unpaired) electrons. The van der Waals surface area contributed by atoms with E-state index in [-0.39, 0.29) is 29.6 Å². The Kier molecular flexibility index (Phi) is 5.38. The van der Waals surface area contributed by atoms with Crippen LogP contribution in [0.5, 0.6) is 0 Å². The molecule has 8 heteroatoms. The molecule has 0 bridgehead atoms. The molecule has 1 saturated carbocycles. The molecule has 0 spiro atoms. The van der Waals surface area contributed by atoms with Gasteiger partial charge in [0.25, 0.3) is 11.6 Å². The summed E-state index contributed by atoms with van der Waals surface area (Å²) in [6.07, 6.45) is 2.22. The fraction of sp³-hybridized carbons (Fsp3) is 0.500. The number of carbonyl (C=O) groups excluding carboxylic acids is 1. The number of amides is 1. The highest BCUT2D eigenvalue weighted by atomic mass is 16.6. The lowest BCUT2D eigenvalue weighted by molar-refractivity contribution is -0.384. The van der Waals surface area contributed by atoms with Gasteiger partial charge in [-0.3, -0.25) is 14.9 Å². The van der Waals surface area contributed by atoms with Gasteiger partial charge in [-0.15, -0.1) is 0 Å². The molecular weight excluding hydrogens is 314 g/mol. The van der Waals surface area contributed by atoms with Crippen LogP contribution in [0.25, 0.3) is 0 Å². The Labute approximate surface area is 139 Å². The predicted octanol–water partition coefficient (Wildman–Crippen LogP) is 2.40. The molecule has 24 heavy (non-hydrogen) atoms. The second-order valence-electron chi connectivity index (χ2n) is 6.40. The summed E-state index contributed by atoms with van der Waals surface area (Å²) < 4.78 is 0. The van der Waals surface area contributed by atoms with Gasteiger partial charge in [0.2, 0.25) is 0 Å². The van der Waals surface area contributed by atoms with Gasteiger partial charge in [-0.1, -0.05) is 13.8 Å². The van der Waals surface area contributed by atoms with E-state index in [1.165, 1.54) is 18.2 Å². The number of hydrogen-bond donors (Lipinski definition) is 3. The molecule has 8 nitrogen and oxygen atoms in total. The van der Waals surface area contributed by atoms with E-state index in [2.05, 4.69) is 10.6 Å². The topological polar surface area (TPSA) is 122 Å². The quantitative estimate of drug-likeness (QED) is 0.495. The van der Waals surface area contributed by atoms with Gasteiger partial charge >= 0.3 is 5.97 Å². The van der Waals surface area contributed by atoms with Crippen LogP contribution in [0.2, 0.25) is 0 Å². The average molecular weight is 335 g/mol. The van der Waals surface area contributed by atoms with E-state index < -0.39 is 22.8 Å². The Morgan fingerprint density at radius 3 is 2.54 bits per heavy atom. The van der Waals surface area contributed by atoms with E-state index in [0.29, 0.717) is 5.69 Å². The first-order valence-electron chi connectivity index (χ1n) is 7.86. The summed E-state index contributed by atoms with van der Waals surface area (Å²) in [5.74, 6) is -1.67. The monoisotopic (exact) mass is 335 g/mol. The first kappa shape index (κ1) is 17.7. The summed E-state index contributed by atoms with van der Waals surface area (Å²) in [6, 6.07) is 3.34. The molecule has 2 rings (SSSR count). The van der Waals surface area contributed by atoms with Crippen molar-refractivity contribution in [2.24, 2.45) is 5.92 Å². The average Bonchev–Trinajstić information content (AvgIpc) is 3.30. The van der Waals surface area contributed by atoms with Gasteiger partial charge in [-0.2, -0.15) is 0 Å². The molecule has 0 saturated heterocycles. The van der Waals surface area contributed by atoms with Crippen molar-refractivity contribution in [3.8, 4) is 0 Å². The van der Waals surface area contributed by atoms with Crippen LogP contribution >= 0.6 is 0 Å². The molecule has 1 aromatic carbocycles. The number of carbonyl (C=O) groups is 2.